The molecule has 0 unspecified atom stereocenters. The molecule has 0 radical (unpaired) electrons. The number of carboxylic acids is 1. The van der Waals surface area contributed by atoms with Gasteiger partial charge in [-0.3, -0.25) is 9.59 Å². The van der Waals surface area contributed by atoms with Gasteiger partial charge < -0.3 is 14.6 Å². The fourth-order valence-electron chi connectivity index (χ4n) is 2.69. The predicted octanol–water partition coefficient (Wildman–Crippen LogP) is 5.00. The quantitative estimate of drug-likeness (QED) is 0.539. The summed E-state index contributed by atoms with van der Waals surface area (Å²) >= 11 is 0. The molecule has 0 fully saturated rings. The van der Waals surface area contributed by atoms with Crippen LogP contribution in [0.4, 0.5) is 0 Å². The van der Waals surface area contributed by atoms with Crippen molar-refractivity contribution in [2.45, 2.75) is 40.5 Å². The number of hydrogen-bond donors (Lipinski definition) is 1. The van der Waals surface area contributed by atoms with Crippen LogP contribution in [0.25, 0.3) is 0 Å². The van der Waals surface area contributed by atoms with Crippen molar-refractivity contribution in [3.8, 4) is 11.5 Å². The molecular formula is C24H30O5. The van der Waals surface area contributed by atoms with Crippen molar-refractivity contribution in [3.05, 3.63) is 59.2 Å². The van der Waals surface area contributed by atoms with Gasteiger partial charge in [0.25, 0.3) is 0 Å². The molecule has 0 heterocycles. The molecule has 0 saturated heterocycles. The van der Waals surface area contributed by atoms with Crippen molar-refractivity contribution in [1.82, 2.24) is 0 Å². The Morgan fingerprint density at radius 2 is 1.45 bits per heavy atom. The number of hydrogen-bond acceptors (Lipinski definition) is 4. The molecule has 0 amide bonds. The molecule has 5 heteroatoms. The molecule has 156 valence electrons. The minimum absolute atomic E-state index is 0.0163. The normalized spacial score (nSPS) is 11.0. The Labute approximate surface area is 172 Å². The molecule has 0 bridgehead atoms. The highest BCUT2D eigenvalue weighted by molar-refractivity contribution is 6.09. The number of ether oxygens (including phenoxy) is 2. The second-order valence-corrected chi connectivity index (χ2v) is 7.98. The Kier molecular flexibility index (Phi) is 8.25. The zero-order chi connectivity index (χ0) is 21.4. The molecule has 0 aromatic heterocycles. The Bertz CT molecular complexity index is 822. The summed E-state index contributed by atoms with van der Waals surface area (Å²) in [4.78, 5) is 23.9. The van der Waals surface area contributed by atoms with Crippen LogP contribution in [0.5, 0.6) is 11.5 Å². The summed E-state index contributed by atoms with van der Waals surface area (Å²) < 4.78 is 11.5. The van der Waals surface area contributed by atoms with Crippen LogP contribution < -0.4 is 9.47 Å². The maximum absolute atomic E-state index is 12.9. The lowest BCUT2D eigenvalue weighted by atomic mass is 9.98. The van der Waals surface area contributed by atoms with E-state index in [0.29, 0.717) is 48.3 Å². The molecule has 0 aliphatic rings. The van der Waals surface area contributed by atoms with Crippen molar-refractivity contribution in [2.24, 2.45) is 11.8 Å². The first kappa shape index (κ1) is 22.5. The number of carboxylic acid groups (broad SMARTS) is 1. The van der Waals surface area contributed by atoms with Crippen molar-refractivity contribution in [1.29, 1.82) is 0 Å². The van der Waals surface area contributed by atoms with E-state index in [9.17, 15) is 9.59 Å². The van der Waals surface area contributed by atoms with Gasteiger partial charge >= 0.3 is 5.97 Å². The predicted molar refractivity (Wildman–Crippen MR) is 113 cm³/mol. The van der Waals surface area contributed by atoms with E-state index in [-0.39, 0.29) is 12.2 Å². The third-order valence-corrected chi connectivity index (χ3v) is 4.20. The first-order chi connectivity index (χ1) is 13.8. The number of aliphatic carboxylic acids is 1. The lowest BCUT2D eigenvalue weighted by Crippen LogP contribution is -2.09. The first-order valence-corrected chi connectivity index (χ1v) is 10.0. The third kappa shape index (κ3) is 7.26. The summed E-state index contributed by atoms with van der Waals surface area (Å²) in [6.45, 7) is 9.40. The zero-order valence-corrected chi connectivity index (χ0v) is 17.6. The highest BCUT2D eigenvalue weighted by Gasteiger charge is 2.14. The molecule has 2 aromatic rings. The van der Waals surface area contributed by atoms with Gasteiger partial charge in [0.1, 0.15) is 11.5 Å². The van der Waals surface area contributed by atoms with E-state index in [2.05, 4.69) is 13.8 Å². The smallest absolute Gasteiger partial charge is 0.303 e. The fraction of sp³-hybridized carbons (Fsp3) is 0.417. The average molecular weight is 398 g/mol. The summed E-state index contributed by atoms with van der Waals surface area (Å²) in [5.41, 5.74) is 1.80. The summed E-state index contributed by atoms with van der Waals surface area (Å²) in [7, 11) is 0. The van der Waals surface area contributed by atoms with E-state index in [1.807, 2.05) is 13.8 Å². The van der Waals surface area contributed by atoms with Crippen LogP contribution in [0.3, 0.4) is 0 Å². The Balaban J connectivity index is 2.20. The van der Waals surface area contributed by atoms with Gasteiger partial charge in [0.05, 0.1) is 13.2 Å². The van der Waals surface area contributed by atoms with Crippen molar-refractivity contribution < 1.29 is 24.2 Å². The molecule has 29 heavy (non-hydrogen) atoms. The molecule has 0 saturated carbocycles. The lowest BCUT2D eigenvalue weighted by Gasteiger charge is -2.14. The number of rotatable bonds is 11. The average Bonchev–Trinajstić information content (AvgIpc) is 2.69. The van der Waals surface area contributed by atoms with E-state index in [1.54, 1.807) is 42.5 Å². The van der Waals surface area contributed by atoms with Gasteiger partial charge in [-0.2, -0.15) is 0 Å². The lowest BCUT2D eigenvalue weighted by molar-refractivity contribution is -0.136. The molecule has 2 rings (SSSR count). The number of carbonyl (C=O) groups excluding carboxylic acids is 1. The number of benzene rings is 2. The molecule has 1 N–H and O–H groups in total. The van der Waals surface area contributed by atoms with E-state index in [0.717, 1.165) is 11.3 Å². The van der Waals surface area contributed by atoms with Gasteiger partial charge in [-0.15, -0.1) is 0 Å². The number of carbonyl (C=O) groups is 2. The third-order valence-electron chi connectivity index (χ3n) is 4.20. The highest BCUT2D eigenvalue weighted by Crippen LogP contribution is 2.25. The molecule has 0 atom stereocenters. The highest BCUT2D eigenvalue weighted by atomic mass is 16.5. The van der Waals surface area contributed by atoms with Crippen LogP contribution >= 0.6 is 0 Å². The standard InChI is InChI=1S/C24H30O5/c1-16(2)14-28-21-9-5-18(6-10-21)24(27)20-7-11-22(29-15-17(3)4)19(13-20)8-12-23(25)26/h5-7,9-11,13,16-17H,8,12,14-15H2,1-4H3,(H,25,26). The molecule has 0 aliphatic heterocycles. The van der Waals surface area contributed by atoms with Crippen LogP contribution in [-0.4, -0.2) is 30.1 Å². The van der Waals surface area contributed by atoms with Crippen LogP contribution in [0.1, 0.15) is 55.6 Å². The second kappa shape index (κ2) is 10.6. The summed E-state index contributed by atoms with van der Waals surface area (Å²) in [5.74, 6) is 1.14. The molecule has 5 nitrogen and oxygen atoms in total. The largest absolute Gasteiger partial charge is 0.493 e. The minimum atomic E-state index is -0.881. The molecule has 2 aromatic carbocycles. The summed E-state index contributed by atoms with van der Waals surface area (Å²) in [6, 6.07) is 12.3. The van der Waals surface area contributed by atoms with Crippen LogP contribution in [0, 0.1) is 11.8 Å². The molecule has 0 spiro atoms. The maximum Gasteiger partial charge on any atom is 0.303 e. The van der Waals surface area contributed by atoms with Gasteiger partial charge in [-0.1, -0.05) is 27.7 Å². The van der Waals surface area contributed by atoms with Crippen LogP contribution in [-0.2, 0) is 11.2 Å². The van der Waals surface area contributed by atoms with Gasteiger partial charge in [-0.25, -0.2) is 0 Å². The first-order valence-electron chi connectivity index (χ1n) is 10.0. The minimum Gasteiger partial charge on any atom is -0.493 e. The van der Waals surface area contributed by atoms with E-state index in [1.165, 1.54) is 0 Å². The SMILES string of the molecule is CC(C)COc1ccc(C(=O)c2ccc(OCC(C)C)c(CCC(=O)O)c2)cc1. The van der Waals surface area contributed by atoms with E-state index >= 15 is 0 Å². The summed E-state index contributed by atoms with van der Waals surface area (Å²) in [6.07, 6.45) is 0.295. The Morgan fingerprint density at radius 1 is 0.862 bits per heavy atom. The monoisotopic (exact) mass is 398 g/mol. The van der Waals surface area contributed by atoms with Gasteiger partial charge in [0.15, 0.2) is 5.78 Å². The zero-order valence-electron chi connectivity index (χ0n) is 17.6. The Morgan fingerprint density at radius 3 is 2.03 bits per heavy atom. The fourth-order valence-corrected chi connectivity index (χ4v) is 2.69. The molecule has 0 aliphatic carbocycles. The van der Waals surface area contributed by atoms with Gasteiger partial charge in [0, 0.05) is 17.5 Å². The molecular weight excluding hydrogens is 368 g/mol. The maximum atomic E-state index is 12.9. The van der Waals surface area contributed by atoms with Crippen LogP contribution in [0.15, 0.2) is 42.5 Å². The number of aryl methyl sites for hydroxylation is 1. The van der Waals surface area contributed by atoms with Crippen molar-refractivity contribution in [2.75, 3.05) is 13.2 Å². The van der Waals surface area contributed by atoms with Crippen molar-refractivity contribution in [3.63, 3.8) is 0 Å². The van der Waals surface area contributed by atoms with Crippen molar-refractivity contribution >= 4 is 11.8 Å². The summed E-state index contributed by atoms with van der Waals surface area (Å²) in [5, 5.41) is 9.02. The van der Waals surface area contributed by atoms with Gasteiger partial charge in [-0.05, 0) is 66.3 Å². The van der Waals surface area contributed by atoms with E-state index < -0.39 is 5.97 Å². The van der Waals surface area contributed by atoms with E-state index in [4.69, 9.17) is 14.6 Å². The number of ketones is 1. The second-order valence-electron chi connectivity index (χ2n) is 7.98. The topological polar surface area (TPSA) is 72.8 Å². The van der Waals surface area contributed by atoms with Gasteiger partial charge in [0.2, 0.25) is 0 Å². The Hall–Kier alpha value is -2.82. The van der Waals surface area contributed by atoms with Crippen LogP contribution in [0.2, 0.25) is 0 Å².